The van der Waals surface area contributed by atoms with Crippen LogP contribution in [0.5, 0.6) is 0 Å². The van der Waals surface area contributed by atoms with Gasteiger partial charge in [-0.15, -0.1) is 0 Å². The molecule has 4 nitrogen and oxygen atoms in total. The minimum atomic E-state index is 0.373. The highest BCUT2D eigenvalue weighted by Crippen LogP contribution is 2.33. The average Bonchev–Trinajstić information content (AvgIpc) is 2.98. The van der Waals surface area contributed by atoms with Crippen molar-refractivity contribution >= 4 is 0 Å². The van der Waals surface area contributed by atoms with E-state index in [2.05, 4.69) is 29.2 Å². The Kier molecular flexibility index (Phi) is 4.65. The topological polar surface area (TPSA) is 27.7 Å². The molecule has 0 aromatic rings. The van der Waals surface area contributed by atoms with E-state index in [0.717, 1.165) is 31.8 Å². The summed E-state index contributed by atoms with van der Waals surface area (Å²) in [6, 6.07) is 1.56. The molecule has 0 aromatic carbocycles. The number of likely N-dealkylation sites (tertiary alicyclic amines) is 1. The fourth-order valence-electron chi connectivity index (χ4n) is 3.78. The molecule has 2 saturated heterocycles. The summed E-state index contributed by atoms with van der Waals surface area (Å²) in [5, 5.41) is 3.75. The Balaban J connectivity index is 1.56. The molecule has 0 bridgehead atoms. The van der Waals surface area contributed by atoms with Crippen LogP contribution in [0.4, 0.5) is 0 Å². The van der Waals surface area contributed by atoms with Gasteiger partial charge in [0.25, 0.3) is 0 Å². The molecule has 2 atom stereocenters. The fraction of sp³-hybridized carbons (Fsp3) is 1.00. The molecule has 116 valence electrons. The number of ether oxygens (including phenoxy) is 1. The minimum Gasteiger partial charge on any atom is -0.381 e. The van der Waals surface area contributed by atoms with Crippen LogP contribution >= 0.6 is 0 Å². The Labute approximate surface area is 123 Å². The van der Waals surface area contributed by atoms with Crippen molar-refractivity contribution < 1.29 is 4.74 Å². The van der Waals surface area contributed by atoms with E-state index in [0.29, 0.717) is 5.41 Å². The maximum atomic E-state index is 5.76. The van der Waals surface area contributed by atoms with Gasteiger partial charge in [-0.2, -0.15) is 0 Å². The SMILES string of the molecule is CN(C)CC1CCCN1CC1(CNC2CC2)CCOC1. The quantitative estimate of drug-likeness (QED) is 0.758. The Hall–Kier alpha value is -0.160. The van der Waals surface area contributed by atoms with Crippen LogP contribution in [-0.2, 0) is 4.74 Å². The molecule has 4 heteroatoms. The molecular weight excluding hydrogens is 250 g/mol. The first kappa shape index (κ1) is 14.8. The van der Waals surface area contributed by atoms with Crippen LogP contribution in [0.25, 0.3) is 0 Å². The fourth-order valence-corrected chi connectivity index (χ4v) is 3.78. The third kappa shape index (κ3) is 3.73. The summed E-state index contributed by atoms with van der Waals surface area (Å²) in [4.78, 5) is 5.08. The van der Waals surface area contributed by atoms with Crippen molar-refractivity contribution in [2.75, 3.05) is 53.5 Å². The minimum absolute atomic E-state index is 0.373. The van der Waals surface area contributed by atoms with Crippen molar-refractivity contribution in [2.45, 2.75) is 44.2 Å². The first-order valence-corrected chi connectivity index (χ1v) is 8.37. The predicted molar refractivity (Wildman–Crippen MR) is 82.0 cm³/mol. The number of likely N-dealkylation sites (N-methyl/N-ethyl adjacent to an activating group) is 1. The van der Waals surface area contributed by atoms with Crippen LogP contribution in [0.1, 0.15) is 32.1 Å². The van der Waals surface area contributed by atoms with Crippen molar-refractivity contribution in [1.29, 1.82) is 0 Å². The zero-order valence-electron chi connectivity index (χ0n) is 13.2. The molecule has 0 aromatic heterocycles. The van der Waals surface area contributed by atoms with E-state index in [1.807, 2.05) is 0 Å². The molecule has 1 saturated carbocycles. The highest BCUT2D eigenvalue weighted by Gasteiger charge is 2.40. The molecule has 2 aliphatic heterocycles. The van der Waals surface area contributed by atoms with Gasteiger partial charge in [0, 0.05) is 43.7 Å². The van der Waals surface area contributed by atoms with E-state index < -0.39 is 0 Å². The summed E-state index contributed by atoms with van der Waals surface area (Å²) >= 11 is 0. The lowest BCUT2D eigenvalue weighted by Gasteiger charge is -2.36. The number of hydrogen-bond donors (Lipinski definition) is 1. The standard InChI is InChI=1S/C16H31N3O/c1-18(2)10-15-4-3-8-19(15)12-16(7-9-20-13-16)11-17-14-5-6-14/h14-15,17H,3-13H2,1-2H3. The first-order valence-electron chi connectivity index (χ1n) is 8.37. The zero-order chi connectivity index (χ0) is 14.0. The van der Waals surface area contributed by atoms with Crippen LogP contribution in [0, 0.1) is 5.41 Å². The molecule has 0 amide bonds. The third-order valence-corrected chi connectivity index (χ3v) is 5.14. The van der Waals surface area contributed by atoms with Crippen molar-refractivity contribution in [3.05, 3.63) is 0 Å². The van der Waals surface area contributed by atoms with Gasteiger partial charge >= 0.3 is 0 Å². The van der Waals surface area contributed by atoms with Gasteiger partial charge in [-0.25, -0.2) is 0 Å². The summed E-state index contributed by atoms with van der Waals surface area (Å²) in [6.45, 7) is 6.78. The Morgan fingerprint density at radius 1 is 1.30 bits per heavy atom. The molecule has 2 heterocycles. The predicted octanol–water partition coefficient (Wildman–Crippen LogP) is 1.17. The number of nitrogens with zero attached hydrogens (tertiary/aromatic N) is 2. The maximum absolute atomic E-state index is 5.76. The van der Waals surface area contributed by atoms with Crippen molar-refractivity contribution in [2.24, 2.45) is 5.41 Å². The van der Waals surface area contributed by atoms with Crippen molar-refractivity contribution in [3.8, 4) is 0 Å². The summed E-state index contributed by atoms with van der Waals surface area (Å²) in [7, 11) is 4.39. The van der Waals surface area contributed by atoms with Crippen LogP contribution in [-0.4, -0.2) is 75.4 Å². The Bertz CT molecular complexity index is 311. The van der Waals surface area contributed by atoms with Crippen LogP contribution in [0.3, 0.4) is 0 Å². The second-order valence-electron chi connectivity index (χ2n) is 7.49. The Morgan fingerprint density at radius 2 is 2.15 bits per heavy atom. The van der Waals surface area contributed by atoms with Gasteiger partial charge in [0.15, 0.2) is 0 Å². The van der Waals surface area contributed by atoms with Crippen molar-refractivity contribution in [1.82, 2.24) is 15.1 Å². The normalized spacial score (nSPS) is 35.2. The van der Waals surface area contributed by atoms with Gasteiger partial charge < -0.3 is 15.0 Å². The molecular formula is C16H31N3O. The van der Waals surface area contributed by atoms with E-state index in [9.17, 15) is 0 Å². The zero-order valence-corrected chi connectivity index (χ0v) is 13.2. The van der Waals surface area contributed by atoms with E-state index in [4.69, 9.17) is 4.74 Å². The molecule has 1 aliphatic carbocycles. The number of hydrogen-bond acceptors (Lipinski definition) is 4. The van der Waals surface area contributed by atoms with Crippen LogP contribution in [0.15, 0.2) is 0 Å². The van der Waals surface area contributed by atoms with Gasteiger partial charge in [0.05, 0.1) is 6.61 Å². The van der Waals surface area contributed by atoms with Gasteiger partial charge in [0.2, 0.25) is 0 Å². The summed E-state index contributed by atoms with van der Waals surface area (Å²) < 4.78 is 5.76. The molecule has 3 aliphatic rings. The lowest BCUT2D eigenvalue weighted by atomic mass is 9.86. The summed E-state index contributed by atoms with van der Waals surface area (Å²) in [5.74, 6) is 0. The second kappa shape index (κ2) is 6.30. The second-order valence-corrected chi connectivity index (χ2v) is 7.49. The van der Waals surface area contributed by atoms with Gasteiger partial charge in [0.1, 0.15) is 0 Å². The van der Waals surface area contributed by atoms with E-state index in [1.165, 1.54) is 51.7 Å². The third-order valence-electron chi connectivity index (χ3n) is 5.14. The maximum Gasteiger partial charge on any atom is 0.0547 e. The highest BCUT2D eigenvalue weighted by molar-refractivity contribution is 4.94. The van der Waals surface area contributed by atoms with E-state index in [-0.39, 0.29) is 0 Å². The molecule has 1 N–H and O–H groups in total. The number of rotatable bonds is 7. The average molecular weight is 281 g/mol. The summed E-state index contributed by atoms with van der Waals surface area (Å²) in [5.41, 5.74) is 0.373. The monoisotopic (exact) mass is 281 g/mol. The van der Waals surface area contributed by atoms with Gasteiger partial charge in [-0.1, -0.05) is 0 Å². The van der Waals surface area contributed by atoms with Crippen LogP contribution < -0.4 is 5.32 Å². The lowest BCUT2D eigenvalue weighted by molar-refractivity contribution is 0.0949. The largest absolute Gasteiger partial charge is 0.381 e. The van der Waals surface area contributed by atoms with E-state index in [1.54, 1.807) is 0 Å². The number of nitrogens with one attached hydrogen (secondary N) is 1. The molecule has 3 rings (SSSR count). The molecule has 3 fully saturated rings. The van der Waals surface area contributed by atoms with Gasteiger partial charge in [-0.05, 0) is 52.7 Å². The van der Waals surface area contributed by atoms with E-state index >= 15 is 0 Å². The molecule has 0 spiro atoms. The Morgan fingerprint density at radius 3 is 2.80 bits per heavy atom. The molecule has 2 unspecified atom stereocenters. The first-order chi connectivity index (χ1) is 9.67. The smallest absolute Gasteiger partial charge is 0.0547 e. The summed E-state index contributed by atoms with van der Waals surface area (Å²) in [6.07, 6.45) is 6.72. The van der Waals surface area contributed by atoms with Crippen molar-refractivity contribution in [3.63, 3.8) is 0 Å². The molecule has 0 radical (unpaired) electrons. The lowest BCUT2D eigenvalue weighted by Crippen LogP contribution is -2.48. The van der Waals surface area contributed by atoms with Gasteiger partial charge in [-0.3, -0.25) is 4.90 Å². The molecule has 20 heavy (non-hydrogen) atoms. The highest BCUT2D eigenvalue weighted by atomic mass is 16.5. The van der Waals surface area contributed by atoms with Crippen LogP contribution in [0.2, 0.25) is 0 Å².